The van der Waals surface area contributed by atoms with Crippen LogP contribution in [0.15, 0.2) is 34.5 Å². The summed E-state index contributed by atoms with van der Waals surface area (Å²) in [7, 11) is -3.49. The third kappa shape index (κ3) is 5.35. The molecule has 0 amide bonds. The highest BCUT2D eigenvalue weighted by atomic mass is 32.2. The molecule has 9 heteroatoms. The van der Waals surface area contributed by atoms with Gasteiger partial charge in [-0.15, -0.1) is 11.3 Å². The lowest BCUT2D eigenvalue weighted by molar-refractivity contribution is -0.145. The fourth-order valence-corrected chi connectivity index (χ4v) is 4.72. The number of hydrogen-bond acceptors (Lipinski definition) is 7. The molecule has 1 saturated heterocycles. The number of sulfonamides is 1. The average molecular weight is 411 g/mol. The predicted molar refractivity (Wildman–Crippen MR) is 101 cm³/mol. The lowest BCUT2D eigenvalue weighted by Crippen LogP contribution is -2.40. The van der Waals surface area contributed by atoms with E-state index in [2.05, 4.69) is 4.98 Å². The van der Waals surface area contributed by atoms with Crippen LogP contribution in [0.2, 0.25) is 0 Å². The van der Waals surface area contributed by atoms with Crippen molar-refractivity contribution in [2.45, 2.75) is 31.3 Å². The van der Waals surface area contributed by atoms with Crippen LogP contribution in [0.3, 0.4) is 0 Å². The Hall–Kier alpha value is -1.81. The van der Waals surface area contributed by atoms with Crippen LogP contribution < -0.4 is 0 Å². The number of nitrogens with zero attached hydrogens (tertiary/aromatic N) is 2. The van der Waals surface area contributed by atoms with Crippen LogP contribution >= 0.6 is 11.3 Å². The molecule has 0 aliphatic carbocycles. The summed E-state index contributed by atoms with van der Waals surface area (Å²) >= 11 is 1.52. The van der Waals surface area contributed by atoms with E-state index < -0.39 is 10.0 Å². The third-order valence-electron chi connectivity index (χ3n) is 4.20. The summed E-state index contributed by atoms with van der Waals surface area (Å²) < 4.78 is 37.0. The maximum atomic E-state index is 12.6. The number of carbonyl (C=O) groups excluding carboxylic acids is 1. The molecule has 0 saturated carbocycles. The Morgan fingerprint density at radius 1 is 1.26 bits per heavy atom. The predicted octanol–water partition coefficient (Wildman–Crippen LogP) is 2.15. The second kappa shape index (κ2) is 8.92. The van der Waals surface area contributed by atoms with E-state index in [1.54, 1.807) is 24.3 Å². The Morgan fingerprint density at radius 3 is 2.59 bits per heavy atom. The first kappa shape index (κ1) is 19.9. The monoisotopic (exact) mass is 410 g/mol. The summed E-state index contributed by atoms with van der Waals surface area (Å²) in [4.78, 5) is 16.4. The zero-order valence-corrected chi connectivity index (χ0v) is 16.7. The molecule has 0 bridgehead atoms. The highest BCUT2D eigenvalue weighted by molar-refractivity contribution is 7.89. The van der Waals surface area contributed by atoms with E-state index in [9.17, 15) is 13.2 Å². The molecule has 0 spiro atoms. The lowest BCUT2D eigenvalue weighted by Gasteiger charge is -2.26. The number of esters is 1. The van der Waals surface area contributed by atoms with Crippen LogP contribution in [0.4, 0.5) is 0 Å². The lowest BCUT2D eigenvalue weighted by atomic mass is 10.1. The molecule has 0 unspecified atom stereocenters. The number of carbonyl (C=O) groups is 1. The second-order valence-corrected chi connectivity index (χ2v) is 9.18. The van der Waals surface area contributed by atoms with E-state index >= 15 is 0 Å². The zero-order chi connectivity index (χ0) is 19.3. The Morgan fingerprint density at radius 2 is 1.96 bits per heavy atom. The number of ether oxygens (including phenoxy) is 2. The minimum Gasteiger partial charge on any atom is -0.459 e. The fraction of sp³-hybridized carbons (Fsp3) is 0.444. The van der Waals surface area contributed by atoms with Gasteiger partial charge in [0.2, 0.25) is 10.0 Å². The first-order valence-corrected chi connectivity index (χ1v) is 11.0. The molecular formula is C18H22N2O5S2. The summed E-state index contributed by atoms with van der Waals surface area (Å²) in [5.74, 6) is -0.300. The normalized spacial score (nSPS) is 15.6. The molecule has 7 nitrogen and oxygen atoms in total. The van der Waals surface area contributed by atoms with Gasteiger partial charge >= 0.3 is 5.97 Å². The molecule has 1 aliphatic heterocycles. The largest absolute Gasteiger partial charge is 0.459 e. The molecule has 3 rings (SSSR count). The van der Waals surface area contributed by atoms with Crippen molar-refractivity contribution in [3.8, 4) is 0 Å². The van der Waals surface area contributed by atoms with Gasteiger partial charge in [-0.2, -0.15) is 4.31 Å². The second-order valence-electron chi connectivity index (χ2n) is 6.18. The van der Waals surface area contributed by atoms with E-state index in [0.717, 1.165) is 16.3 Å². The van der Waals surface area contributed by atoms with Crippen molar-refractivity contribution in [3.63, 3.8) is 0 Å². The van der Waals surface area contributed by atoms with Crippen LogP contribution in [0.1, 0.15) is 22.7 Å². The van der Waals surface area contributed by atoms with Gasteiger partial charge in [-0.25, -0.2) is 13.4 Å². The molecule has 0 N–H and O–H groups in total. The van der Waals surface area contributed by atoms with Crippen molar-refractivity contribution in [3.05, 3.63) is 45.9 Å². The highest BCUT2D eigenvalue weighted by Gasteiger charge is 2.26. The summed E-state index contributed by atoms with van der Waals surface area (Å²) in [6.45, 7) is 3.65. The Kier molecular flexibility index (Phi) is 6.59. The van der Waals surface area contributed by atoms with Gasteiger partial charge in [0, 0.05) is 24.9 Å². The van der Waals surface area contributed by atoms with Crippen molar-refractivity contribution in [2.24, 2.45) is 0 Å². The van der Waals surface area contributed by atoms with Crippen molar-refractivity contribution < 1.29 is 22.7 Å². The molecular weight excluding hydrogens is 388 g/mol. The fourth-order valence-electron chi connectivity index (χ4n) is 2.71. The Bertz CT molecular complexity index is 871. The number of thiazole rings is 1. The number of hydrogen-bond donors (Lipinski definition) is 0. The standard InChI is InChI=1S/C18H22N2O5S2/c1-14-19-16(13-26-14)12-25-18(21)7-4-15-2-5-17(6-3-15)27(22,23)20-8-10-24-11-9-20/h2-3,5-6,13H,4,7-12H2,1H3. The summed E-state index contributed by atoms with van der Waals surface area (Å²) in [6, 6.07) is 6.65. The van der Waals surface area contributed by atoms with E-state index in [4.69, 9.17) is 9.47 Å². The van der Waals surface area contributed by atoms with Crippen molar-refractivity contribution in [2.75, 3.05) is 26.3 Å². The first-order valence-electron chi connectivity index (χ1n) is 8.68. The van der Waals surface area contributed by atoms with Crippen LogP contribution in [-0.2, 0) is 37.3 Å². The molecule has 1 fully saturated rings. The summed E-state index contributed by atoms with van der Waals surface area (Å²) in [5.41, 5.74) is 1.64. The number of rotatable bonds is 7. The summed E-state index contributed by atoms with van der Waals surface area (Å²) in [5, 5.41) is 2.81. The van der Waals surface area contributed by atoms with E-state index in [1.807, 2.05) is 12.3 Å². The molecule has 1 aliphatic rings. The van der Waals surface area contributed by atoms with Gasteiger partial charge in [0.05, 0.1) is 28.8 Å². The SMILES string of the molecule is Cc1nc(COC(=O)CCc2ccc(S(=O)(=O)N3CCOCC3)cc2)cs1. The van der Waals surface area contributed by atoms with Crippen LogP contribution in [0.25, 0.3) is 0 Å². The van der Waals surface area contributed by atoms with Gasteiger partial charge in [-0.05, 0) is 31.0 Å². The van der Waals surface area contributed by atoms with Gasteiger partial charge < -0.3 is 9.47 Å². The van der Waals surface area contributed by atoms with E-state index in [0.29, 0.717) is 32.7 Å². The van der Waals surface area contributed by atoms with Crippen molar-refractivity contribution >= 4 is 27.3 Å². The van der Waals surface area contributed by atoms with Crippen LogP contribution in [0, 0.1) is 6.92 Å². The van der Waals surface area contributed by atoms with Gasteiger partial charge in [-0.3, -0.25) is 4.79 Å². The van der Waals surface area contributed by atoms with Crippen molar-refractivity contribution in [1.82, 2.24) is 9.29 Å². The smallest absolute Gasteiger partial charge is 0.306 e. The average Bonchev–Trinajstić information content (AvgIpc) is 3.11. The van der Waals surface area contributed by atoms with Gasteiger partial charge in [0.1, 0.15) is 6.61 Å². The quantitative estimate of drug-likeness (QED) is 0.650. The van der Waals surface area contributed by atoms with E-state index in [-0.39, 0.29) is 23.9 Å². The molecule has 2 aromatic rings. The number of aryl methyl sites for hydroxylation is 2. The van der Waals surface area contributed by atoms with Crippen molar-refractivity contribution in [1.29, 1.82) is 0 Å². The maximum Gasteiger partial charge on any atom is 0.306 e. The number of benzene rings is 1. The van der Waals surface area contributed by atoms with Gasteiger partial charge in [0.25, 0.3) is 0 Å². The third-order valence-corrected chi connectivity index (χ3v) is 6.93. The first-order chi connectivity index (χ1) is 12.9. The van der Waals surface area contributed by atoms with Crippen LogP contribution in [-0.4, -0.2) is 50.0 Å². The Labute approximate surface area is 163 Å². The molecule has 0 atom stereocenters. The molecule has 1 aromatic carbocycles. The number of aromatic nitrogens is 1. The molecule has 1 aromatic heterocycles. The van der Waals surface area contributed by atoms with Crippen LogP contribution in [0.5, 0.6) is 0 Å². The maximum absolute atomic E-state index is 12.6. The molecule has 2 heterocycles. The molecule has 146 valence electrons. The van der Waals surface area contributed by atoms with E-state index in [1.165, 1.54) is 15.6 Å². The molecule has 0 radical (unpaired) electrons. The van der Waals surface area contributed by atoms with Gasteiger partial charge in [-0.1, -0.05) is 12.1 Å². The summed E-state index contributed by atoms with van der Waals surface area (Å²) in [6.07, 6.45) is 0.728. The minimum absolute atomic E-state index is 0.180. The van der Waals surface area contributed by atoms with Gasteiger partial charge in [0.15, 0.2) is 0 Å². The molecule has 27 heavy (non-hydrogen) atoms. The topological polar surface area (TPSA) is 85.8 Å². The number of morpholine rings is 1. The minimum atomic E-state index is -3.49. The Balaban J connectivity index is 1.50. The zero-order valence-electron chi connectivity index (χ0n) is 15.1. The highest BCUT2D eigenvalue weighted by Crippen LogP contribution is 2.18.